The Morgan fingerprint density at radius 1 is 1.07 bits per heavy atom. The highest BCUT2D eigenvalue weighted by molar-refractivity contribution is 7.89. The van der Waals surface area contributed by atoms with Crippen LogP contribution in [0.3, 0.4) is 0 Å². The van der Waals surface area contributed by atoms with E-state index in [1.165, 1.54) is 16.8 Å². The van der Waals surface area contributed by atoms with Crippen LogP contribution in [0.5, 0.6) is 0 Å². The van der Waals surface area contributed by atoms with E-state index in [0.717, 1.165) is 25.7 Å². The van der Waals surface area contributed by atoms with Crippen molar-refractivity contribution < 1.29 is 17.6 Å². The van der Waals surface area contributed by atoms with Crippen LogP contribution in [0.15, 0.2) is 24.3 Å². The van der Waals surface area contributed by atoms with Crippen LogP contribution in [-0.2, 0) is 14.8 Å². The molecule has 0 spiro atoms. The molecule has 1 N–H and O–H groups in total. The lowest BCUT2D eigenvalue weighted by molar-refractivity contribution is -0.125. The molecule has 0 radical (unpaired) electrons. The summed E-state index contributed by atoms with van der Waals surface area (Å²) in [5.74, 6) is -0.0996. The second-order valence-electron chi connectivity index (χ2n) is 7.63. The summed E-state index contributed by atoms with van der Waals surface area (Å²) >= 11 is 0. The molecule has 28 heavy (non-hydrogen) atoms. The van der Waals surface area contributed by atoms with Gasteiger partial charge >= 0.3 is 0 Å². The predicted molar refractivity (Wildman–Crippen MR) is 108 cm³/mol. The first-order valence-electron chi connectivity index (χ1n) is 10.2. The number of carbonyl (C=O) groups excluding carboxylic acids is 1. The number of amides is 1. The quantitative estimate of drug-likeness (QED) is 0.700. The monoisotopic (exact) mass is 411 g/mol. The normalized spacial score (nSPS) is 19.5. The van der Waals surface area contributed by atoms with Gasteiger partial charge < -0.3 is 10.2 Å². The average molecular weight is 412 g/mol. The lowest BCUT2D eigenvalue weighted by Gasteiger charge is -2.35. The van der Waals surface area contributed by atoms with Gasteiger partial charge in [0.15, 0.2) is 0 Å². The Kier molecular flexibility index (Phi) is 7.29. The highest BCUT2D eigenvalue weighted by Crippen LogP contribution is 2.24. The number of halogens is 1. The van der Waals surface area contributed by atoms with Crippen molar-refractivity contribution in [2.75, 3.05) is 43.4 Å². The molecule has 1 saturated carbocycles. The molecule has 0 bridgehead atoms. The van der Waals surface area contributed by atoms with Crippen LogP contribution in [-0.4, -0.2) is 57.1 Å². The van der Waals surface area contributed by atoms with Crippen LogP contribution in [0.4, 0.5) is 10.1 Å². The highest BCUT2D eigenvalue weighted by Gasteiger charge is 2.27. The van der Waals surface area contributed by atoms with Crippen molar-refractivity contribution in [3.8, 4) is 0 Å². The molecule has 0 aromatic heterocycles. The highest BCUT2D eigenvalue weighted by atomic mass is 32.2. The van der Waals surface area contributed by atoms with Crippen LogP contribution in [0.1, 0.15) is 38.5 Å². The summed E-state index contributed by atoms with van der Waals surface area (Å²) in [5.41, 5.74) is 0.518. The number of benzene rings is 1. The van der Waals surface area contributed by atoms with Crippen LogP contribution in [0.2, 0.25) is 0 Å². The van der Waals surface area contributed by atoms with E-state index in [4.69, 9.17) is 0 Å². The number of nitrogens with zero attached hydrogens (tertiary/aromatic N) is 2. The van der Waals surface area contributed by atoms with Gasteiger partial charge in [0.25, 0.3) is 0 Å². The summed E-state index contributed by atoms with van der Waals surface area (Å²) in [6, 6.07) is 6.56. The average Bonchev–Trinajstić information content (AvgIpc) is 2.72. The molecule has 6 nitrogen and oxygen atoms in total. The smallest absolute Gasteiger partial charge is 0.223 e. The second kappa shape index (κ2) is 9.69. The maximum Gasteiger partial charge on any atom is 0.223 e. The third kappa shape index (κ3) is 5.44. The Morgan fingerprint density at radius 2 is 1.75 bits per heavy atom. The summed E-state index contributed by atoms with van der Waals surface area (Å²) in [7, 11) is -3.36. The number of hydrogen-bond acceptors (Lipinski definition) is 4. The third-order valence-corrected chi connectivity index (χ3v) is 7.64. The van der Waals surface area contributed by atoms with Gasteiger partial charge in [-0.1, -0.05) is 31.4 Å². The number of rotatable bonds is 7. The van der Waals surface area contributed by atoms with Crippen molar-refractivity contribution in [3.63, 3.8) is 0 Å². The molecule has 156 valence electrons. The van der Waals surface area contributed by atoms with Crippen molar-refractivity contribution in [3.05, 3.63) is 30.1 Å². The summed E-state index contributed by atoms with van der Waals surface area (Å²) in [6.07, 6.45) is 5.70. The minimum absolute atomic E-state index is 0.0254. The molecule has 1 aliphatic heterocycles. The zero-order valence-corrected chi connectivity index (χ0v) is 17.1. The van der Waals surface area contributed by atoms with Crippen molar-refractivity contribution in [2.45, 2.75) is 38.5 Å². The molecule has 1 aromatic carbocycles. The number of carbonyl (C=O) groups is 1. The SMILES string of the molecule is O=C(NCCCS(=O)(=O)N1CCN(c2ccccc2F)CC1)C1CCCCC1. The summed E-state index contributed by atoms with van der Waals surface area (Å²) in [4.78, 5) is 14.0. The first-order valence-corrected chi connectivity index (χ1v) is 11.8. The molecule has 1 saturated heterocycles. The first kappa shape index (κ1) is 21.0. The molecule has 1 heterocycles. The van der Waals surface area contributed by atoms with Gasteiger partial charge in [-0.2, -0.15) is 4.31 Å². The number of anilines is 1. The van der Waals surface area contributed by atoms with E-state index in [0.29, 0.717) is 44.8 Å². The number of para-hydroxylation sites is 1. The van der Waals surface area contributed by atoms with Crippen LogP contribution in [0.25, 0.3) is 0 Å². The minimum atomic E-state index is -3.36. The second-order valence-corrected chi connectivity index (χ2v) is 9.72. The predicted octanol–water partition coefficient (Wildman–Crippen LogP) is 2.36. The topological polar surface area (TPSA) is 69.7 Å². The van der Waals surface area contributed by atoms with E-state index in [2.05, 4.69) is 5.32 Å². The Labute approximate surface area is 167 Å². The third-order valence-electron chi connectivity index (χ3n) is 5.68. The number of hydrogen-bond donors (Lipinski definition) is 1. The van der Waals surface area contributed by atoms with Crippen molar-refractivity contribution >= 4 is 21.6 Å². The van der Waals surface area contributed by atoms with Gasteiger partial charge in [0.05, 0.1) is 11.4 Å². The first-order chi connectivity index (χ1) is 13.5. The fourth-order valence-corrected chi connectivity index (χ4v) is 5.51. The van der Waals surface area contributed by atoms with Crippen molar-refractivity contribution in [1.29, 1.82) is 0 Å². The summed E-state index contributed by atoms with van der Waals surface area (Å²) in [6.45, 7) is 2.04. The lowest BCUT2D eigenvalue weighted by atomic mass is 9.89. The molecular weight excluding hydrogens is 381 g/mol. The van der Waals surface area contributed by atoms with Crippen LogP contribution in [0, 0.1) is 11.7 Å². The van der Waals surface area contributed by atoms with E-state index < -0.39 is 10.0 Å². The van der Waals surface area contributed by atoms with E-state index in [9.17, 15) is 17.6 Å². The fourth-order valence-electron chi connectivity index (χ4n) is 4.02. The van der Waals surface area contributed by atoms with Crippen molar-refractivity contribution in [2.24, 2.45) is 5.92 Å². The Balaban J connectivity index is 1.40. The molecule has 0 atom stereocenters. The zero-order valence-electron chi connectivity index (χ0n) is 16.3. The molecule has 1 amide bonds. The van der Waals surface area contributed by atoms with Crippen LogP contribution < -0.4 is 10.2 Å². The Hall–Kier alpha value is -1.67. The maximum absolute atomic E-state index is 13.9. The van der Waals surface area contributed by atoms with Gasteiger partial charge in [-0.15, -0.1) is 0 Å². The largest absolute Gasteiger partial charge is 0.367 e. The van der Waals surface area contributed by atoms with E-state index >= 15 is 0 Å². The minimum Gasteiger partial charge on any atom is -0.367 e. The zero-order chi connectivity index (χ0) is 20.0. The van der Waals surface area contributed by atoms with E-state index in [1.807, 2.05) is 4.90 Å². The molecule has 1 aromatic rings. The molecule has 2 aliphatic rings. The van der Waals surface area contributed by atoms with Gasteiger partial charge in [-0.3, -0.25) is 4.79 Å². The van der Waals surface area contributed by atoms with Gasteiger partial charge in [0.2, 0.25) is 15.9 Å². The summed E-state index contributed by atoms with van der Waals surface area (Å²) in [5, 5.41) is 2.89. The van der Waals surface area contributed by atoms with Gasteiger partial charge in [-0.05, 0) is 31.4 Å². The molecule has 3 rings (SSSR count). The Bertz CT molecular complexity index is 758. The van der Waals surface area contributed by atoms with E-state index in [-0.39, 0.29) is 23.4 Å². The molecule has 2 fully saturated rings. The number of sulfonamides is 1. The summed E-state index contributed by atoms with van der Waals surface area (Å²) < 4.78 is 40.5. The molecule has 8 heteroatoms. The van der Waals surface area contributed by atoms with Gasteiger partial charge in [0, 0.05) is 38.6 Å². The molecule has 1 aliphatic carbocycles. The Morgan fingerprint density at radius 3 is 2.43 bits per heavy atom. The molecular formula is C20H30FN3O3S. The van der Waals surface area contributed by atoms with Gasteiger partial charge in [0.1, 0.15) is 5.82 Å². The lowest BCUT2D eigenvalue weighted by Crippen LogP contribution is -2.49. The van der Waals surface area contributed by atoms with Crippen LogP contribution >= 0.6 is 0 Å². The molecule has 0 unspecified atom stereocenters. The van der Waals surface area contributed by atoms with E-state index in [1.54, 1.807) is 18.2 Å². The number of piperazine rings is 1. The number of nitrogens with one attached hydrogen (secondary N) is 1. The van der Waals surface area contributed by atoms with Gasteiger partial charge in [-0.25, -0.2) is 12.8 Å². The maximum atomic E-state index is 13.9. The fraction of sp³-hybridized carbons (Fsp3) is 0.650. The van der Waals surface area contributed by atoms with Crippen molar-refractivity contribution in [1.82, 2.24) is 9.62 Å². The standard InChI is InChI=1S/C20H30FN3O3S/c21-18-9-4-5-10-19(18)23-12-14-24(15-13-23)28(26,27)16-6-11-22-20(25)17-7-2-1-3-8-17/h4-5,9-10,17H,1-3,6-8,11-16H2,(H,22,25).